The summed E-state index contributed by atoms with van der Waals surface area (Å²) in [5.41, 5.74) is -0.777. The predicted octanol–water partition coefficient (Wildman–Crippen LogP) is 3.29. The largest absolute Gasteiger partial charge is 0.481 e. The summed E-state index contributed by atoms with van der Waals surface area (Å²) < 4.78 is 0. The molecule has 0 radical (unpaired) electrons. The van der Waals surface area contributed by atoms with Crippen molar-refractivity contribution in [1.82, 2.24) is 10.6 Å². The van der Waals surface area contributed by atoms with Gasteiger partial charge in [0, 0.05) is 12.6 Å². The molecule has 3 N–H and O–H groups in total. The van der Waals surface area contributed by atoms with E-state index in [4.69, 9.17) is 0 Å². The van der Waals surface area contributed by atoms with Crippen LogP contribution in [-0.2, 0) is 4.79 Å². The van der Waals surface area contributed by atoms with Gasteiger partial charge in [-0.25, -0.2) is 4.79 Å². The zero-order chi connectivity index (χ0) is 15.7. The van der Waals surface area contributed by atoms with Gasteiger partial charge in [0.1, 0.15) is 0 Å². The van der Waals surface area contributed by atoms with Crippen molar-refractivity contribution in [3.05, 3.63) is 0 Å². The van der Waals surface area contributed by atoms with Gasteiger partial charge in [0.05, 0.1) is 5.41 Å². The van der Waals surface area contributed by atoms with Crippen molar-refractivity contribution in [2.45, 2.75) is 77.7 Å². The number of nitrogens with one attached hydrogen (secondary N) is 2. The molecular formula is C16H30N2O3. The Kier molecular flexibility index (Phi) is 7.54. The Labute approximate surface area is 127 Å². The molecular weight excluding hydrogens is 268 g/mol. The van der Waals surface area contributed by atoms with Crippen LogP contribution in [0.15, 0.2) is 0 Å². The number of aliphatic carboxylic acids is 1. The zero-order valence-electron chi connectivity index (χ0n) is 13.4. The van der Waals surface area contributed by atoms with Crippen molar-refractivity contribution < 1.29 is 14.7 Å². The van der Waals surface area contributed by atoms with E-state index in [1.165, 1.54) is 0 Å². The second kappa shape index (κ2) is 8.90. The third-order valence-corrected chi connectivity index (χ3v) is 4.57. The molecule has 0 aromatic heterocycles. The maximum absolute atomic E-state index is 12.0. The Morgan fingerprint density at radius 1 is 1.14 bits per heavy atom. The van der Waals surface area contributed by atoms with E-state index in [0.29, 0.717) is 12.8 Å². The maximum Gasteiger partial charge on any atom is 0.315 e. The van der Waals surface area contributed by atoms with Crippen molar-refractivity contribution in [3.63, 3.8) is 0 Å². The fourth-order valence-corrected chi connectivity index (χ4v) is 3.08. The molecule has 0 saturated heterocycles. The molecule has 0 bridgehead atoms. The van der Waals surface area contributed by atoms with Gasteiger partial charge in [0.25, 0.3) is 0 Å². The second-order valence-electron chi connectivity index (χ2n) is 6.22. The molecule has 5 heteroatoms. The molecule has 1 aliphatic rings. The molecule has 21 heavy (non-hydrogen) atoms. The maximum atomic E-state index is 12.0. The predicted molar refractivity (Wildman–Crippen MR) is 83.3 cm³/mol. The van der Waals surface area contributed by atoms with Crippen molar-refractivity contribution in [2.75, 3.05) is 6.54 Å². The summed E-state index contributed by atoms with van der Waals surface area (Å²) in [5.74, 6) is -0.773. The first kappa shape index (κ1) is 17.8. The van der Waals surface area contributed by atoms with Crippen LogP contribution in [0.4, 0.5) is 4.79 Å². The van der Waals surface area contributed by atoms with Gasteiger partial charge in [-0.1, -0.05) is 46.0 Å². The lowest BCUT2D eigenvalue weighted by Gasteiger charge is -2.28. The SMILES string of the molecule is CCCC(CC)NC(=O)NCC1(C(=O)O)CCCCCC1. The molecule has 0 spiro atoms. The summed E-state index contributed by atoms with van der Waals surface area (Å²) in [6, 6.07) is -0.0647. The topological polar surface area (TPSA) is 78.4 Å². The minimum absolute atomic E-state index is 0.171. The number of hydrogen-bond donors (Lipinski definition) is 3. The number of carboxylic acids is 1. The Bertz CT molecular complexity index is 336. The van der Waals surface area contributed by atoms with Crippen LogP contribution in [0.3, 0.4) is 0 Å². The Hall–Kier alpha value is -1.26. The number of hydrogen-bond acceptors (Lipinski definition) is 2. The highest BCUT2D eigenvalue weighted by Gasteiger charge is 2.38. The minimum Gasteiger partial charge on any atom is -0.481 e. The number of carbonyl (C=O) groups excluding carboxylic acids is 1. The molecule has 0 aliphatic heterocycles. The van der Waals surface area contributed by atoms with Gasteiger partial charge in [-0.05, 0) is 25.7 Å². The first-order chi connectivity index (χ1) is 10.0. The normalized spacial score (nSPS) is 19.3. The van der Waals surface area contributed by atoms with Crippen molar-refractivity contribution >= 4 is 12.0 Å². The molecule has 1 aliphatic carbocycles. The minimum atomic E-state index is -0.777. The molecule has 1 saturated carbocycles. The van der Waals surface area contributed by atoms with E-state index in [0.717, 1.165) is 44.9 Å². The third-order valence-electron chi connectivity index (χ3n) is 4.57. The highest BCUT2D eigenvalue weighted by atomic mass is 16.4. The van der Waals surface area contributed by atoms with Crippen molar-refractivity contribution in [1.29, 1.82) is 0 Å². The lowest BCUT2D eigenvalue weighted by atomic mass is 9.80. The van der Waals surface area contributed by atoms with E-state index in [1.54, 1.807) is 0 Å². The van der Waals surface area contributed by atoms with Gasteiger partial charge in [0.15, 0.2) is 0 Å². The van der Waals surface area contributed by atoms with Crippen molar-refractivity contribution in [2.24, 2.45) is 5.41 Å². The van der Waals surface area contributed by atoms with Gasteiger partial charge in [-0.2, -0.15) is 0 Å². The van der Waals surface area contributed by atoms with Crippen molar-refractivity contribution in [3.8, 4) is 0 Å². The van der Waals surface area contributed by atoms with Gasteiger partial charge >= 0.3 is 12.0 Å². The van der Waals surface area contributed by atoms with Gasteiger partial charge in [0.2, 0.25) is 0 Å². The molecule has 1 atom stereocenters. The van der Waals surface area contributed by atoms with Crippen LogP contribution in [0, 0.1) is 5.41 Å². The fraction of sp³-hybridized carbons (Fsp3) is 0.875. The molecule has 0 heterocycles. The average molecular weight is 298 g/mol. The van der Waals surface area contributed by atoms with E-state index in [2.05, 4.69) is 17.6 Å². The van der Waals surface area contributed by atoms with Crippen LogP contribution in [0.2, 0.25) is 0 Å². The highest BCUT2D eigenvalue weighted by Crippen LogP contribution is 2.34. The highest BCUT2D eigenvalue weighted by molar-refractivity contribution is 5.78. The molecule has 2 amide bonds. The smallest absolute Gasteiger partial charge is 0.315 e. The summed E-state index contributed by atoms with van der Waals surface area (Å²) in [7, 11) is 0. The van der Waals surface area contributed by atoms with Crippen LogP contribution >= 0.6 is 0 Å². The molecule has 122 valence electrons. The standard InChI is InChI=1S/C16H30N2O3/c1-3-9-13(4-2)18-15(21)17-12-16(14(19)20)10-7-5-6-8-11-16/h13H,3-12H2,1-2H3,(H,19,20)(H2,17,18,21). The first-order valence-electron chi connectivity index (χ1n) is 8.32. The summed E-state index contributed by atoms with van der Waals surface area (Å²) in [6.45, 7) is 4.37. The molecule has 5 nitrogen and oxygen atoms in total. The monoisotopic (exact) mass is 298 g/mol. The number of amides is 2. The number of carbonyl (C=O) groups is 2. The van der Waals surface area contributed by atoms with Crippen LogP contribution in [0.1, 0.15) is 71.6 Å². The molecule has 1 fully saturated rings. The van der Waals surface area contributed by atoms with Crippen LogP contribution in [0.25, 0.3) is 0 Å². The van der Waals surface area contributed by atoms with Crippen LogP contribution in [0.5, 0.6) is 0 Å². The lowest BCUT2D eigenvalue weighted by molar-refractivity contribution is -0.149. The fourth-order valence-electron chi connectivity index (χ4n) is 3.08. The number of rotatable bonds is 7. The zero-order valence-corrected chi connectivity index (χ0v) is 13.4. The third kappa shape index (κ3) is 5.56. The van der Waals surface area contributed by atoms with E-state index in [1.807, 2.05) is 6.92 Å². The molecule has 0 aromatic carbocycles. The first-order valence-corrected chi connectivity index (χ1v) is 8.32. The summed E-state index contributed by atoms with van der Waals surface area (Å²) in [4.78, 5) is 23.6. The quantitative estimate of drug-likeness (QED) is 0.631. The van der Waals surface area contributed by atoms with E-state index in [-0.39, 0.29) is 18.6 Å². The Morgan fingerprint density at radius 2 is 1.76 bits per heavy atom. The van der Waals surface area contributed by atoms with Gasteiger partial charge in [-0.15, -0.1) is 0 Å². The van der Waals surface area contributed by atoms with Crippen LogP contribution in [-0.4, -0.2) is 29.7 Å². The summed E-state index contributed by atoms with van der Waals surface area (Å²) in [5, 5.41) is 15.3. The number of carboxylic acid groups (broad SMARTS) is 1. The Morgan fingerprint density at radius 3 is 2.24 bits per heavy atom. The summed E-state index contributed by atoms with van der Waals surface area (Å²) in [6.07, 6.45) is 8.25. The average Bonchev–Trinajstić information content (AvgIpc) is 2.71. The molecule has 1 unspecified atom stereocenters. The molecule has 0 aromatic rings. The van der Waals surface area contributed by atoms with Gasteiger partial charge in [-0.3, -0.25) is 4.79 Å². The Balaban J connectivity index is 2.52. The van der Waals surface area contributed by atoms with E-state index >= 15 is 0 Å². The second-order valence-corrected chi connectivity index (χ2v) is 6.22. The summed E-state index contributed by atoms with van der Waals surface area (Å²) >= 11 is 0. The van der Waals surface area contributed by atoms with Gasteiger partial charge < -0.3 is 15.7 Å². The molecule has 1 rings (SSSR count). The van der Waals surface area contributed by atoms with Crippen LogP contribution < -0.4 is 10.6 Å². The lowest BCUT2D eigenvalue weighted by Crippen LogP contribution is -2.48. The number of urea groups is 1. The van der Waals surface area contributed by atoms with E-state index < -0.39 is 11.4 Å². The van der Waals surface area contributed by atoms with E-state index in [9.17, 15) is 14.7 Å².